The van der Waals surface area contributed by atoms with Crippen LogP contribution in [0.25, 0.3) is 11.3 Å². The number of ether oxygens (including phenoxy) is 3. The zero-order valence-electron chi connectivity index (χ0n) is 17.5. The highest BCUT2D eigenvalue weighted by Crippen LogP contribution is 2.32. The molecule has 0 aliphatic carbocycles. The molecule has 1 aliphatic heterocycles. The van der Waals surface area contributed by atoms with Gasteiger partial charge in [-0.15, -0.1) is 0 Å². The van der Waals surface area contributed by atoms with Crippen LogP contribution in [0.3, 0.4) is 0 Å². The van der Waals surface area contributed by atoms with Crippen molar-refractivity contribution in [2.75, 3.05) is 26.4 Å². The van der Waals surface area contributed by atoms with Crippen molar-refractivity contribution in [1.29, 1.82) is 0 Å². The molecular weight excluding hydrogens is 434 g/mol. The molecule has 0 bridgehead atoms. The first-order chi connectivity index (χ1) is 15.5. The summed E-state index contributed by atoms with van der Waals surface area (Å²) >= 11 is 0. The lowest BCUT2D eigenvalue weighted by atomic mass is 10.1. The zero-order chi connectivity index (χ0) is 22.6. The van der Waals surface area contributed by atoms with Crippen molar-refractivity contribution in [2.24, 2.45) is 0 Å². The van der Waals surface area contributed by atoms with Gasteiger partial charge in [-0.05, 0) is 49.4 Å². The van der Waals surface area contributed by atoms with Crippen LogP contribution in [0.15, 0.2) is 64.3 Å². The predicted molar refractivity (Wildman–Crippen MR) is 118 cm³/mol. The van der Waals surface area contributed by atoms with Crippen molar-refractivity contribution in [1.82, 2.24) is 14.5 Å². The van der Waals surface area contributed by atoms with E-state index in [1.165, 1.54) is 22.9 Å². The van der Waals surface area contributed by atoms with Crippen molar-refractivity contribution in [2.45, 2.75) is 18.4 Å². The zero-order valence-corrected chi connectivity index (χ0v) is 18.3. The Hall–Kier alpha value is -3.37. The largest absolute Gasteiger partial charge is 0.494 e. The van der Waals surface area contributed by atoms with E-state index in [9.17, 15) is 13.2 Å². The Morgan fingerprint density at radius 1 is 1.03 bits per heavy atom. The molecule has 4 rings (SSSR count). The molecule has 168 valence electrons. The molecule has 0 saturated carbocycles. The maximum absolute atomic E-state index is 12.6. The second-order valence-corrected chi connectivity index (χ2v) is 8.71. The van der Waals surface area contributed by atoms with E-state index in [4.69, 9.17) is 14.2 Å². The third kappa shape index (κ3) is 4.92. The Bertz CT molecular complexity index is 1260. The van der Waals surface area contributed by atoms with Gasteiger partial charge in [0.15, 0.2) is 11.5 Å². The summed E-state index contributed by atoms with van der Waals surface area (Å²) in [5.41, 5.74) is 1.10. The third-order valence-corrected chi connectivity index (χ3v) is 6.23. The minimum absolute atomic E-state index is 0.00356. The molecule has 0 unspecified atom stereocenters. The van der Waals surface area contributed by atoms with Crippen molar-refractivity contribution in [3.63, 3.8) is 0 Å². The van der Waals surface area contributed by atoms with Gasteiger partial charge >= 0.3 is 0 Å². The highest BCUT2D eigenvalue weighted by Gasteiger charge is 2.19. The maximum atomic E-state index is 12.6. The van der Waals surface area contributed by atoms with Gasteiger partial charge in [-0.25, -0.2) is 17.8 Å². The summed E-state index contributed by atoms with van der Waals surface area (Å²) in [5.74, 6) is 1.65. The Morgan fingerprint density at radius 3 is 2.53 bits per heavy atom. The van der Waals surface area contributed by atoms with E-state index in [1.54, 1.807) is 12.1 Å². The molecule has 32 heavy (non-hydrogen) atoms. The average molecular weight is 458 g/mol. The fourth-order valence-corrected chi connectivity index (χ4v) is 4.25. The Kier molecular flexibility index (Phi) is 6.42. The summed E-state index contributed by atoms with van der Waals surface area (Å²) < 4.78 is 45.3. The Labute approximate surface area is 185 Å². The lowest BCUT2D eigenvalue weighted by molar-refractivity contribution is 0.171. The standard InChI is InChI=1S/C22H23N3O6S/c1-2-29-17-5-3-16(4-6-17)19-8-10-22(26)25(24-19)12-11-23-32(27,28)18-7-9-20-21(15-18)31-14-13-30-20/h3-10,15,23H,2,11-14H2,1H3. The number of hydrogen-bond acceptors (Lipinski definition) is 7. The van der Waals surface area contributed by atoms with E-state index in [-0.39, 0.29) is 23.5 Å². The van der Waals surface area contributed by atoms with Crippen molar-refractivity contribution < 1.29 is 22.6 Å². The molecule has 9 nitrogen and oxygen atoms in total. The molecule has 0 atom stereocenters. The van der Waals surface area contributed by atoms with Crippen LogP contribution in [0.2, 0.25) is 0 Å². The molecule has 2 heterocycles. The molecule has 1 aliphatic rings. The first kappa shape index (κ1) is 21.8. The van der Waals surface area contributed by atoms with Gasteiger partial charge in [-0.1, -0.05) is 0 Å². The summed E-state index contributed by atoms with van der Waals surface area (Å²) in [5, 5.41) is 4.36. The number of benzene rings is 2. The van der Waals surface area contributed by atoms with E-state index < -0.39 is 10.0 Å². The second kappa shape index (κ2) is 9.41. The van der Waals surface area contributed by atoms with E-state index >= 15 is 0 Å². The Balaban J connectivity index is 1.44. The number of nitrogens with zero attached hydrogens (tertiary/aromatic N) is 2. The van der Waals surface area contributed by atoms with Crippen LogP contribution in [-0.2, 0) is 16.6 Å². The van der Waals surface area contributed by atoms with E-state index in [0.717, 1.165) is 11.3 Å². The second-order valence-electron chi connectivity index (χ2n) is 6.94. The van der Waals surface area contributed by atoms with Gasteiger partial charge in [0.1, 0.15) is 19.0 Å². The molecule has 2 aromatic carbocycles. The number of sulfonamides is 1. The number of fused-ring (bicyclic) bond motifs is 1. The molecule has 0 amide bonds. The van der Waals surface area contributed by atoms with E-state index in [2.05, 4.69) is 9.82 Å². The summed E-state index contributed by atoms with van der Waals surface area (Å²) in [6.07, 6.45) is 0. The van der Waals surface area contributed by atoms with E-state index in [1.807, 2.05) is 31.2 Å². The predicted octanol–water partition coefficient (Wildman–Crippen LogP) is 2.06. The fourth-order valence-electron chi connectivity index (χ4n) is 3.21. The van der Waals surface area contributed by atoms with Gasteiger partial charge in [-0.2, -0.15) is 5.10 Å². The number of nitrogens with one attached hydrogen (secondary N) is 1. The van der Waals surface area contributed by atoms with Crippen LogP contribution in [0.5, 0.6) is 17.2 Å². The normalized spacial score (nSPS) is 13.0. The topological polar surface area (TPSA) is 109 Å². The average Bonchev–Trinajstić information content (AvgIpc) is 2.81. The lowest BCUT2D eigenvalue weighted by Gasteiger charge is -2.19. The van der Waals surface area contributed by atoms with Gasteiger partial charge in [0.25, 0.3) is 5.56 Å². The third-order valence-electron chi connectivity index (χ3n) is 4.77. The van der Waals surface area contributed by atoms with Gasteiger partial charge in [-0.3, -0.25) is 4.79 Å². The van der Waals surface area contributed by atoms with Gasteiger partial charge in [0.2, 0.25) is 10.0 Å². The Morgan fingerprint density at radius 2 is 1.78 bits per heavy atom. The molecule has 1 aromatic heterocycles. The van der Waals surface area contributed by atoms with Crippen molar-refractivity contribution >= 4 is 10.0 Å². The van der Waals surface area contributed by atoms with Crippen molar-refractivity contribution in [3.8, 4) is 28.5 Å². The summed E-state index contributed by atoms with van der Waals surface area (Å²) in [6, 6.07) is 14.9. The highest BCUT2D eigenvalue weighted by atomic mass is 32.2. The molecule has 0 radical (unpaired) electrons. The molecular formula is C22H23N3O6S. The molecule has 0 saturated heterocycles. The number of hydrogen-bond donors (Lipinski definition) is 1. The fraction of sp³-hybridized carbons (Fsp3) is 0.273. The molecule has 10 heteroatoms. The van der Waals surface area contributed by atoms with Crippen LogP contribution in [0.1, 0.15) is 6.92 Å². The van der Waals surface area contributed by atoms with Crippen molar-refractivity contribution in [3.05, 3.63) is 65.0 Å². The lowest BCUT2D eigenvalue weighted by Crippen LogP contribution is -2.32. The SMILES string of the molecule is CCOc1ccc(-c2ccc(=O)n(CCNS(=O)(=O)c3ccc4c(c3)OCCO4)n2)cc1. The number of rotatable bonds is 8. The van der Waals surface area contributed by atoms with E-state index in [0.29, 0.717) is 37.0 Å². The first-order valence-corrected chi connectivity index (χ1v) is 11.7. The quantitative estimate of drug-likeness (QED) is 0.551. The molecule has 0 spiro atoms. The van der Waals surface area contributed by atoms with Crippen LogP contribution in [0.4, 0.5) is 0 Å². The summed E-state index contributed by atoms with van der Waals surface area (Å²) in [7, 11) is -3.79. The van der Waals surface area contributed by atoms with Crippen LogP contribution < -0.4 is 24.5 Å². The van der Waals surface area contributed by atoms with Crippen LogP contribution >= 0.6 is 0 Å². The minimum atomic E-state index is -3.79. The molecule has 1 N–H and O–H groups in total. The van der Waals surface area contributed by atoms with Crippen LogP contribution in [-0.4, -0.2) is 44.6 Å². The number of aromatic nitrogens is 2. The van der Waals surface area contributed by atoms with Gasteiger partial charge in [0.05, 0.1) is 23.7 Å². The van der Waals surface area contributed by atoms with Gasteiger partial charge in [0, 0.05) is 24.2 Å². The monoisotopic (exact) mass is 457 g/mol. The summed E-state index contributed by atoms with van der Waals surface area (Å²) in [4.78, 5) is 12.3. The molecule has 3 aromatic rings. The smallest absolute Gasteiger partial charge is 0.266 e. The first-order valence-electron chi connectivity index (χ1n) is 10.2. The molecule has 0 fully saturated rings. The van der Waals surface area contributed by atoms with Gasteiger partial charge < -0.3 is 14.2 Å². The summed E-state index contributed by atoms with van der Waals surface area (Å²) in [6.45, 7) is 3.35. The minimum Gasteiger partial charge on any atom is -0.494 e. The maximum Gasteiger partial charge on any atom is 0.266 e. The highest BCUT2D eigenvalue weighted by molar-refractivity contribution is 7.89. The van der Waals surface area contributed by atoms with Crippen LogP contribution in [0, 0.1) is 0 Å².